The number of furan rings is 1. The van der Waals surface area contributed by atoms with E-state index >= 15 is 0 Å². The van der Waals surface area contributed by atoms with E-state index in [1.54, 1.807) is 0 Å². The SMILES string of the molecule is c1ccc(-c2c(-c3cccc(N(c4ccc(-c5cccc(-c6ccc7ccccc7c6)c5)cc4)c4ccc5ccccc5c4)c3)oc3ccccc23)cc1. The zero-order valence-electron chi connectivity index (χ0n) is 29.6. The van der Waals surface area contributed by atoms with Gasteiger partial charge >= 0.3 is 0 Å². The summed E-state index contributed by atoms with van der Waals surface area (Å²) in [4.78, 5) is 2.34. The molecule has 1 heterocycles. The third kappa shape index (κ3) is 5.81. The third-order valence-corrected chi connectivity index (χ3v) is 10.4. The number of hydrogen-bond acceptors (Lipinski definition) is 2. The van der Waals surface area contributed by atoms with Crippen LogP contribution in [0.15, 0.2) is 217 Å². The highest BCUT2D eigenvalue weighted by atomic mass is 16.3. The molecule has 0 spiro atoms. The van der Waals surface area contributed by atoms with E-state index in [2.05, 4.69) is 211 Å². The molecule has 0 amide bonds. The second-order valence-corrected chi connectivity index (χ2v) is 13.8. The number of para-hydroxylation sites is 1. The van der Waals surface area contributed by atoms with Crippen LogP contribution in [0.25, 0.3) is 77.2 Å². The number of fused-ring (bicyclic) bond motifs is 3. The predicted octanol–water partition coefficient (Wildman–Crippen LogP) is 14.9. The second-order valence-electron chi connectivity index (χ2n) is 13.8. The van der Waals surface area contributed by atoms with Crippen LogP contribution in [0.1, 0.15) is 0 Å². The molecule has 0 aliphatic carbocycles. The minimum Gasteiger partial charge on any atom is -0.455 e. The first kappa shape index (κ1) is 31.6. The van der Waals surface area contributed by atoms with Crippen LogP contribution in [0.4, 0.5) is 17.1 Å². The lowest BCUT2D eigenvalue weighted by Crippen LogP contribution is -2.10. The van der Waals surface area contributed by atoms with Crippen LogP contribution >= 0.6 is 0 Å². The van der Waals surface area contributed by atoms with Crippen LogP contribution < -0.4 is 4.90 Å². The highest BCUT2D eigenvalue weighted by Gasteiger charge is 2.20. The van der Waals surface area contributed by atoms with Crippen LogP contribution in [0.3, 0.4) is 0 Å². The summed E-state index contributed by atoms with van der Waals surface area (Å²) in [5, 5.41) is 6.02. The van der Waals surface area contributed by atoms with E-state index in [1.807, 2.05) is 6.07 Å². The molecule has 0 unspecified atom stereocenters. The largest absolute Gasteiger partial charge is 0.455 e. The van der Waals surface area contributed by atoms with Gasteiger partial charge in [0.25, 0.3) is 0 Å². The van der Waals surface area contributed by atoms with Crippen LogP contribution in [0, 0.1) is 0 Å². The number of hydrogen-bond donors (Lipinski definition) is 0. The van der Waals surface area contributed by atoms with Crippen LogP contribution in [0.5, 0.6) is 0 Å². The Morgan fingerprint density at radius 2 is 0.833 bits per heavy atom. The Morgan fingerprint density at radius 1 is 0.296 bits per heavy atom. The molecule has 10 rings (SSSR count). The van der Waals surface area contributed by atoms with Crippen molar-refractivity contribution >= 4 is 49.6 Å². The summed E-state index contributed by atoms with van der Waals surface area (Å²) in [5.74, 6) is 0.865. The molecule has 0 atom stereocenters. The minimum atomic E-state index is 0.865. The molecule has 2 nitrogen and oxygen atoms in total. The monoisotopic (exact) mass is 689 g/mol. The van der Waals surface area contributed by atoms with Crippen molar-refractivity contribution in [2.24, 2.45) is 0 Å². The van der Waals surface area contributed by atoms with Crippen molar-refractivity contribution in [3.05, 3.63) is 212 Å². The van der Waals surface area contributed by atoms with Crippen molar-refractivity contribution in [3.63, 3.8) is 0 Å². The molecule has 254 valence electrons. The van der Waals surface area contributed by atoms with Gasteiger partial charge in [0, 0.05) is 33.6 Å². The van der Waals surface area contributed by atoms with Crippen molar-refractivity contribution in [3.8, 4) is 44.7 Å². The highest BCUT2D eigenvalue weighted by molar-refractivity contribution is 6.02. The zero-order valence-corrected chi connectivity index (χ0v) is 29.6. The molecule has 0 saturated carbocycles. The van der Waals surface area contributed by atoms with E-state index in [9.17, 15) is 0 Å². The lowest BCUT2D eigenvalue weighted by Gasteiger charge is -2.26. The maximum atomic E-state index is 6.65. The van der Waals surface area contributed by atoms with E-state index in [1.165, 1.54) is 43.8 Å². The number of benzene rings is 9. The lowest BCUT2D eigenvalue weighted by atomic mass is 9.97. The van der Waals surface area contributed by atoms with Gasteiger partial charge in [-0.3, -0.25) is 0 Å². The molecule has 0 aliphatic heterocycles. The molecule has 1 aromatic heterocycles. The molecule has 0 aliphatic rings. The molecule has 2 heteroatoms. The molecule has 0 bridgehead atoms. The predicted molar refractivity (Wildman–Crippen MR) is 228 cm³/mol. The molecular formula is C52H35NO. The van der Waals surface area contributed by atoms with Crippen molar-refractivity contribution in [1.82, 2.24) is 0 Å². The van der Waals surface area contributed by atoms with Crippen molar-refractivity contribution in [2.45, 2.75) is 0 Å². The van der Waals surface area contributed by atoms with Crippen molar-refractivity contribution < 1.29 is 4.42 Å². The number of rotatable bonds is 7. The molecular weight excluding hydrogens is 655 g/mol. The van der Waals surface area contributed by atoms with Crippen molar-refractivity contribution in [1.29, 1.82) is 0 Å². The van der Waals surface area contributed by atoms with Crippen LogP contribution in [-0.4, -0.2) is 0 Å². The fraction of sp³-hybridized carbons (Fsp3) is 0. The molecule has 0 fully saturated rings. The fourth-order valence-corrected chi connectivity index (χ4v) is 7.74. The van der Waals surface area contributed by atoms with E-state index in [0.717, 1.165) is 50.5 Å². The Hall–Kier alpha value is -7.16. The van der Waals surface area contributed by atoms with Gasteiger partial charge < -0.3 is 9.32 Å². The van der Waals surface area contributed by atoms with Gasteiger partial charge in [-0.05, 0) is 104 Å². The molecule has 0 radical (unpaired) electrons. The lowest BCUT2D eigenvalue weighted by molar-refractivity contribution is 0.632. The Balaban J connectivity index is 1.07. The highest BCUT2D eigenvalue weighted by Crippen LogP contribution is 2.44. The third-order valence-electron chi connectivity index (χ3n) is 10.4. The van der Waals surface area contributed by atoms with E-state index in [4.69, 9.17) is 4.42 Å². The van der Waals surface area contributed by atoms with Gasteiger partial charge in [-0.15, -0.1) is 0 Å². The first-order valence-electron chi connectivity index (χ1n) is 18.4. The van der Waals surface area contributed by atoms with Gasteiger partial charge in [0.15, 0.2) is 0 Å². The van der Waals surface area contributed by atoms with E-state index in [0.29, 0.717) is 0 Å². The van der Waals surface area contributed by atoms with Gasteiger partial charge in [-0.1, -0.05) is 158 Å². The fourth-order valence-electron chi connectivity index (χ4n) is 7.74. The maximum Gasteiger partial charge on any atom is 0.143 e. The Labute approximate surface area is 314 Å². The summed E-state index contributed by atoms with van der Waals surface area (Å²) in [6, 6.07) is 75.8. The summed E-state index contributed by atoms with van der Waals surface area (Å²) >= 11 is 0. The molecule has 0 saturated heterocycles. The molecule has 0 N–H and O–H groups in total. The topological polar surface area (TPSA) is 16.4 Å². The van der Waals surface area contributed by atoms with Gasteiger partial charge in [-0.25, -0.2) is 0 Å². The summed E-state index contributed by atoms with van der Waals surface area (Å²) in [7, 11) is 0. The smallest absolute Gasteiger partial charge is 0.143 e. The van der Waals surface area contributed by atoms with Gasteiger partial charge in [0.05, 0.1) is 0 Å². The number of anilines is 3. The average molecular weight is 690 g/mol. The van der Waals surface area contributed by atoms with E-state index < -0.39 is 0 Å². The Kier molecular flexibility index (Phi) is 7.85. The van der Waals surface area contributed by atoms with Crippen molar-refractivity contribution in [2.75, 3.05) is 4.90 Å². The van der Waals surface area contributed by atoms with Crippen LogP contribution in [-0.2, 0) is 0 Å². The molecule has 54 heavy (non-hydrogen) atoms. The van der Waals surface area contributed by atoms with E-state index in [-0.39, 0.29) is 0 Å². The second kappa shape index (κ2) is 13.4. The zero-order chi connectivity index (χ0) is 35.8. The Morgan fingerprint density at radius 3 is 1.63 bits per heavy atom. The van der Waals surface area contributed by atoms with Gasteiger partial charge in [-0.2, -0.15) is 0 Å². The standard InChI is InChI=1S/C52H35NO/c1-2-14-39(15-3-1)51-49-22-8-9-23-50(49)54-52(51)45-20-11-21-47(35-45)53(48-31-28-37-13-5-7-17-43(37)34-48)46-29-26-38(27-30-46)41-18-10-19-42(32-41)44-25-24-36-12-4-6-16-40(36)33-44/h1-35H. The van der Waals surface area contributed by atoms with Gasteiger partial charge in [0.1, 0.15) is 11.3 Å². The Bertz CT molecular complexity index is 2940. The summed E-state index contributed by atoms with van der Waals surface area (Å²) in [6.45, 7) is 0. The summed E-state index contributed by atoms with van der Waals surface area (Å²) in [5.41, 5.74) is 12.1. The first-order chi connectivity index (χ1) is 26.7. The molecule has 9 aromatic carbocycles. The average Bonchev–Trinajstić information content (AvgIpc) is 3.64. The van der Waals surface area contributed by atoms with Gasteiger partial charge in [0.2, 0.25) is 0 Å². The summed E-state index contributed by atoms with van der Waals surface area (Å²) in [6.07, 6.45) is 0. The summed E-state index contributed by atoms with van der Waals surface area (Å²) < 4.78 is 6.65. The quantitative estimate of drug-likeness (QED) is 0.166. The molecule has 10 aromatic rings. The number of nitrogens with zero attached hydrogens (tertiary/aromatic N) is 1. The minimum absolute atomic E-state index is 0.865. The normalized spacial score (nSPS) is 11.3. The van der Waals surface area contributed by atoms with Crippen LogP contribution in [0.2, 0.25) is 0 Å². The first-order valence-corrected chi connectivity index (χ1v) is 18.4. The maximum absolute atomic E-state index is 6.65.